The molecule has 1 aliphatic rings. The third kappa shape index (κ3) is 3.56. The number of hydrogen-bond donors (Lipinski definition) is 0. The molecule has 1 heterocycles. The van der Waals surface area contributed by atoms with Crippen molar-refractivity contribution in [1.82, 2.24) is 0 Å². The highest BCUT2D eigenvalue weighted by Crippen LogP contribution is 2.49. The molecule has 0 saturated heterocycles. The van der Waals surface area contributed by atoms with Crippen molar-refractivity contribution < 1.29 is 33.3 Å². The van der Waals surface area contributed by atoms with E-state index in [1.54, 1.807) is 25.1 Å². The molecule has 2 aromatic rings. The highest BCUT2D eigenvalue weighted by Gasteiger charge is 2.40. The van der Waals surface area contributed by atoms with E-state index in [0.29, 0.717) is 11.1 Å². The number of benzene rings is 1. The van der Waals surface area contributed by atoms with Gasteiger partial charge < -0.3 is 23.7 Å². The molecule has 0 N–H and O–H groups in total. The topological polar surface area (TPSA) is 97.4 Å². The van der Waals surface area contributed by atoms with Crippen LogP contribution in [-0.4, -0.2) is 31.4 Å². The van der Waals surface area contributed by atoms with Crippen molar-refractivity contribution in [2.45, 2.75) is 26.6 Å². The molecule has 1 unspecified atom stereocenters. The Labute approximate surface area is 154 Å². The van der Waals surface area contributed by atoms with E-state index < -0.39 is 23.2 Å². The van der Waals surface area contributed by atoms with E-state index in [0.717, 1.165) is 0 Å². The normalized spacial score (nSPS) is 17.6. The highest BCUT2D eigenvalue weighted by atomic mass is 16.8. The van der Waals surface area contributed by atoms with Gasteiger partial charge in [-0.15, -0.1) is 0 Å². The summed E-state index contributed by atoms with van der Waals surface area (Å²) in [5.74, 6) is -2.31. The van der Waals surface area contributed by atoms with Gasteiger partial charge in [-0.05, 0) is 17.5 Å². The second kappa shape index (κ2) is 6.88. The summed E-state index contributed by atoms with van der Waals surface area (Å²) in [6, 6.07) is 6.13. The van der Waals surface area contributed by atoms with Gasteiger partial charge in [0.15, 0.2) is 17.2 Å². The van der Waals surface area contributed by atoms with Crippen LogP contribution in [0, 0.1) is 0 Å². The zero-order chi connectivity index (χ0) is 19.8. The van der Waals surface area contributed by atoms with Crippen LogP contribution in [0.15, 0.2) is 29.1 Å². The van der Waals surface area contributed by atoms with Crippen molar-refractivity contribution in [1.29, 1.82) is 0 Å². The molecule has 3 rings (SSSR count). The van der Waals surface area contributed by atoms with Gasteiger partial charge in [-0.2, -0.15) is 0 Å². The number of carbonyl (C=O) groups is 2. The minimum absolute atomic E-state index is 0.0375. The first-order valence-electron chi connectivity index (χ1n) is 8.12. The predicted octanol–water partition coefficient (Wildman–Crippen LogP) is 2.18. The van der Waals surface area contributed by atoms with Gasteiger partial charge in [0.1, 0.15) is 6.61 Å². The first kappa shape index (κ1) is 18.7. The predicted molar refractivity (Wildman–Crippen MR) is 94.4 cm³/mol. The van der Waals surface area contributed by atoms with Crippen LogP contribution in [-0.2, 0) is 14.3 Å². The van der Waals surface area contributed by atoms with Crippen molar-refractivity contribution in [2.24, 2.45) is 0 Å². The van der Waals surface area contributed by atoms with Crippen molar-refractivity contribution in [3.8, 4) is 23.0 Å². The summed E-state index contributed by atoms with van der Waals surface area (Å²) in [5.41, 5.74) is -0.617. The van der Waals surface area contributed by atoms with Gasteiger partial charge in [-0.3, -0.25) is 14.4 Å². The quantitative estimate of drug-likeness (QED) is 0.593. The van der Waals surface area contributed by atoms with Gasteiger partial charge in [-0.25, -0.2) is 0 Å². The Morgan fingerprint density at radius 2 is 1.81 bits per heavy atom. The lowest BCUT2D eigenvalue weighted by Gasteiger charge is -2.21. The Bertz CT molecular complexity index is 997. The molecule has 2 aromatic carbocycles. The third-order valence-electron chi connectivity index (χ3n) is 3.76. The molecular weight excluding hydrogens is 356 g/mol. The van der Waals surface area contributed by atoms with Crippen LogP contribution in [0.1, 0.15) is 20.8 Å². The van der Waals surface area contributed by atoms with Crippen LogP contribution in [0.5, 0.6) is 23.0 Å². The lowest BCUT2D eigenvalue weighted by Crippen LogP contribution is -2.39. The second-order valence-electron chi connectivity index (χ2n) is 6.17. The molecule has 1 atom stereocenters. The molecule has 8 heteroatoms. The summed E-state index contributed by atoms with van der Waals surface area (Å²) >= 11 is 0. The molecule has 0 aromatic heterocycles. The number of rotatable bonds is 4. The second-order valence-corrected chi connectivity index (χ2v) is 6.17. The first-order chi connectivity index (χ1) is 12.7. The average Bonchev–Trinajstić information content (AvgIpc) is 2.81. The minimum Gasteiger partial charge on any atom is -0.446 e. The Hall–Kier alpha value is -3.13. The van der Waals surface area contributed by atoms with E-state index in [4.69, 9.17) is 23.7 Å². The fourth-order valence-corrected chi connectivity index (χ4v) is 2.88. The summed E-state index contributed by atoms with van der Waals surface area (Å²) in [4.78, 5) is 35.9. The number of carbonyl (C=O) groups excluding carboxylic acids is 2. The van der Waals surface area contributed by atoms with Gasteiger partial charge in [0.2, 0.25) is 11.2 Å². The fraction of sp³-hybridized carbons (Fsp3) is 0.316. The standard InChI is InChI=1S/C19H18O8/c1-10(20)24-13-7-5-6-12-8-14-17(27-19(3,26-14)9-23-4)18(25-11(2)21)15(12)16(13)22/h5-8H,9H2,1-4H3. The molecule has 0 aliphatic carbocycles. The number of hydrogen-bond acceptors (Lipinski definition) is 8. The summed E-state index contributed by atoms with van der Waals surface area (Å²) < 4.78 is 27.0. The Morgan fingerprint density at radius 1 is 1.11 bits per heavy atom. The summed E-state index contributed by atoms with van der Waals surface area (Å²) in [6.45, 7) is 4.15. The fourth-order valence-electron chi connectivity index (χ4n) is 2.88. The van der Waals surface area contributed by atoms with Gasteiger partial charge in [0, 0.05) is 27.9 Å². The monoisotopic (exact) mass is 374 g/mol. The molecule has 0 saturated carbocycles. The molecule has 27 heavy (non-hydrogen) atoms. The lowest BCUT2D eigenvalue weighted by atomic mass is 10.1. The van der Waals surface area contributed by atoms with Crippen LogP contribution < -0.4 is 24.4 Å². The Morgan fingerprint density at radius 3 is 2.44 bits per heavy atom. The zero-order valence-corrected chi connectivity index (χ0v) is 15.3. The SMILES string of the molecule is COCC1(C)Oc2cc3cccc(OC(C)=O)c(=O)c3c(OC(C)=O)c2O1. The Balaban J connectivity index is 2.32. The number of methoxy groups -OCH3 is 1. The Kier molecular flexibility index (Phi) is 4.75. The maximum atomic E-state index is 13.0. The maximum Gasteiger partial charge on any atom is 0.308 e. The number of ether oxygens (including phenoxy) is 5. The van der Waals surface area contributed by atoms with Crippen LogP contribution in [0.4, 0.5) is 0 Å². The van der Waals surface area contributed by atoms with Crippen molar-refractivity contribution in [3.05, 3.63) is 34.5 Å². The van der Waals surface area contributed by atoms with Crippen LogP contribution in [0.25, 0.3) is 10.8 Å². The average molecular weight is 374 g/mol. The maximum absolute atomic E-state index is 13.0. The molecule has 8 nitrogen and oxygen atoms in total. The third-order valence-corrected chi connectivity index (χ3v) is 3.76. The van der Waals surface area contributed by atoms with Crippen molar-refractivity contribution in [3.63, 3.8) is 0 Å². The van der Waals surface area contributed by atoms with E-state index in [9.17, 15) is 14.4 Å². The summed E-state index contributed by atoms with van der Waals surface area (Å²) in [6.07, 6.45) is 0. The number of esters is 2. The first-order valence-corrected chi connectivity index (χ1v) is 8.12. The summed E-state index contributed by atoms with van der Waals surface area (Å²) in [7, 11) is 1.49. The van der Waals surface area contributed by atoms with Gasteiger partial charge >= 0.3 is 11.9 Å². The molecular formula is C19H18O8. The lowest BCUT2D eigenvalue weighted by molar-refractivity contribution is -0.133. The zero-order valence-electron chi connectivity index (χ0n) is 15.3. The van der Waals surface area contributed by atoms with Gasteiger partial charge in [-0.1, -0.05) is 12.1 Å². The van der Waals surface area contributed by atoms with E-state index >= 15 is 0 Å². The highest BCUT2D eigenvalue weighted by molar-refractivity contribution is 5.95. The van der Waals surface area contributed by atoms with Gasteiger partial charge in [0.05, 0.1) is 5.39 Å². The molecule has 142 valence electrons. The van der Waals surface area contributed by atoms with E-state index in [1.807, 2.05) is 0 Å². The molecule has 0 fully saturated rings. The van der Waals surface area contributed by atoms with Gasteiger partial charge in [0.25, 0.3) is 5.79 Å². The van der Waals surface area contributed by atoms with Crippen LogP contribution >= 0.6 is 0 Å². The molecule has 0 amide bonds. The van der Waals surface area contributed by atoms with E-state index in [2.05, 4.69) is 0 Å². The molecule has 0 spiro atoms. The van der Waals surface area contributed by atoms with Crippen molar-refractivity contribution >= 4 is 22.7 Å². The minimum atomic E-state index is -1.15. The molecule has 1 aliphatic heterocycles. The molecule has 0 radical (unpaired) electrons. The van der Waals surface area contributed by atoms with E-state index in [1.165, 1.54) is 27.0 Å². The number of fused-ring (bicyclic) bond motifs is 2. The van der Waals surface area contributed by atoms with Crippen molar-refractivity contribution in [2.75, 3.05) is 13.7 Å². The summed E-state index contributed by atoms with van der Waals surface area (Å²) in [5, 5.41) is 0.467. The van der Waals surface area contributed by atoms with Crippen LogP contribution in [0.3, 0.4) is 0 Å². The van der Waals surface area contributed by atoms with Crippen LogP contribution in [0.2, 0.25) is 0 Å². The molecule has 0 bridgehead atoms. The van der Waals surface area contributed by atoms with E-state index in [-0.39, 0.29) is 29.2 Å². The smallest absolute Gasteiger partial charge is 0.308 e. The largest absolute Gasteiger partial charge is 0.446 e.